The van der Waals surface area contributed by atoms with Crippen LogP contribution in [0.25, 0.3) is 0 Å². The van der Waals surface area contributed by atoms with E-state index in [-0.39, 0.29) is 29.2 Å². The number of epoxide rings is 1. The van der Waals surface area contributed by atoms with Gasteiger partial charge in [0.15, 0.2) is 0 Å². The molecule has 2 saturated carbocycles. The maximum absolute atomic E-state index is 12.8. The third-order valence-electron chi connectivity index (χ3n) is 6.84. The first kappa shape index (κ1) is 14.9. The van der Waals surface area contributed by atoms with Crippen molar-refractivity contribution in [1.29, 1.82) is 0 Å². The first-order valence-corrected chi connectivity index (χ1v) is 8.88. The Balaban J connectivity index is 1.72. The van der Waals surface area contributed by atoms with Crippen molar-refractivity contribution in [3.05, 3.63) is 0 Å². The van der Waals surface area contributed by atoms with Crippen LogP contribution < -0.4 is 0 Å². The summed E-state index contributed by atoms with van der Waals surface area (Å²) in [7, 11) is 6.50. The number of hydrogen-bond donors (Lipinski definition) is 0. The fourth-order valence-electron chi connectivity index (χ4n) is 5.85. The van der Waals surface area contributed by atoms with E-state index in [1.165, 1.54) is 6.42 Å². The van der Waals surface area contributed by atoms with Crippen molar-refractivity contribution in [2.24, 2.45) is 23.7 Å². The minimum atomic E-state index is -0.318. The first-order valence-electron chi connectivity index (χ1n) is 8.88. The number of fused-ring (bicyclic) bond motifs is 1. The van der Waals surface area contributed by atoms with E-state index < -0.39 is 0 Å². The normalized spacial score (nSPS) is 53.3. The molecule has 0 radical (unpaired) electrons. The third-order valence-corrected chi connectivity index (χ3v) is 6.84. The average Bonchev–Trinajstić information content (AvgIpc) is 3.02. The summed E-state index contributed by atoms with van der Waals surface area (Å²) in [5, 5.41) is 0. The molecule has 0 unspecified atom stereocenters. The van der Waals surface area contributed by atoms with E-state index in [1.54, 1.807) is 0 Å². The zero-order valence-corrected chi connectivity index (χ0v) is 14.6. The molecular formula is C18H30NO3+. The lowest BCUT2D eigenvalue weighted by atomic mass is 9.55. The molecule has 22 heavy (non-hydrogen) atoms. The van der Waals surface area contributed by atoms with Gasteiger partial charge in [-0.15, -0.1) is 0 Å². The molecule has 2 aliphatic carbocycles. The van der Waals surface area contributed by atoms with Crippen LogP contribution in [0, 0.1) is 23.7 Å². The summed E-state index contributed by atoms with van der Waals surface area (Å²) in [6.45, 7) is 5.42. The second kappa shape index (κ2) is 4.27. The summed E-state index contributed by atoms with van der Waals surface area (Å²) in [6.07, 6.45) is 4.76. The molecule has 4 rings (SSSR count). The van der Waals surface area contributed by atoms with Gasteiger partial charge < -0.3 is 14.0 Å². The smallest absolute Gasteiger partial charge is 0.315 e. The number of ether oxygens (including phenoxy) is 2. The fourth-order valence-corrected chi connectivity index (χ4v) is 5.85. The molecule has 124 valence electrons. The molecule has 1 spiro atoms. The quantitative estimate of drug-likeness (QED) is 0.446. The van der Waals surface area contributed by atoms with Gasteiger partial charge in [0.1, 0.15) is 17.6 Å². The van der Waals surface area contributed by atoms with Gasteiger partial charge in [0.2, 0.25) is 0 Å². The molecule has 0 N–H and O–H groups in total. The summed E-state index contributed by atoms with van der Waals surface area (Å²) in [5.74, 6) is 1.57. The van der Waals surface area contributed by atoms with Crippen molar-refractivity contribution < 1.29 is 18.8 Å². The van der Waals surface area contributed by atoms with Crippen LogP contribution in [-0.2, 0) is 14.3 Å². The molecular weight excluding hydrogens is 278 g/mol. The Labute approximate surface area is 133 Å². The van der Waals surface area contributed by atoms with E-state index in [9.17, 15) is 4.79 Å². The molecule has 0 aromatic heterocycles. The van der Waals surface area contributed by atoms with Crippen LogP contribution in [0.3, 0.4) is 0 Å². The molecule has 2 saturated heterocycles. The van der Waals surface area contributed by atoms with Gasteiger partial charge in [-0.05, 0) is 38.5 Å². The highest BCUT2D eigenvalue weighted by molar-refractivity contribution is 5.77. The Morgan fingerprint density at radius 2 is 1.91 bits per heavy atom. The van der Waals surface area contributed by atoms with Gasteiger partial charge in [-0.25, -0.2) is 0 Å². The molecule has 0 aromatic rings. The van der Waals surface area contributed by atoms with Crippen LogP contribution in [0.5, 0.6) is 0 Å². The highest BCUT2D eigenvalue weighted by Crippen LogP contribution is 2.66. The van der Waals surface area contributed by atoms with Crippen LogP contribution in [-0.4, -0.2) is 55.4 Å². The minimum Gasteiger partial charge on any atom is -0.455 e. The Morgan fingerprint density at radius 3 is 2.59 bits per heavy atom. The second-order valence-electron chi connectivity index (χ2n) is 9.47. The van der Waals surface area contributed by atoms with E-state index >= 15 is 0 Å². The minimum absolute atomic E-state index is 0.0302. The summed E-state index contributed by atoms with van der Waals surface area (Å²) < 4.78 is 13.2. The largest absolute Gasteiger partial charge is 0.455 e. The van der Waals surface area contributed by atoms with Gasteiger partial charge in [-0.1, -0.05) is 6.92 Å². The molecule has 2 heterocycles. The zero-order valence-electron chi connectivity index (χ0n) is 14.6. The lowest BCUT2D eigenvalue weighted by Crippen LogP contribution is -2.58. The van der Waals surface area contributed by atoms with Gasteiger partial charge in [0.05, 0.1) is 33.3 Å². The standard InChI is InChI=1S/C18H30NO3/c1-11-6-7-14-12(10-19(3,4)5)15(20)21-18(14)13(11)8-9-17(2)16(18)22-17/h11-14,16H,6-10H2,1-5H3/q+1/t11-,12-,13-,14+,16-,17-,18-/m1/s1. The Kier molecular flexibility index (Phi) is 2.90. The maximum Gasteiger partial charge on any atom is 0.315 e. The van der Waals surface area contributed by atoms with E-state index in [4.69, 9.17) is 9.47 Å². The molecule has 4 aliphatic rings. The Bertz CT molecular complexity index is 513. The maximum atomic E-state index is 12.8. The van der Waals surface area contributed by atoms with Crippen LogP contribution in [0.15, 0.2) is 0 Å². The number of rotatable bonds is 2. The zero-order chi connectivity index (χ0) is 15.9. The predicted molar refractivity (Wildman–Crippen MR) is 83.1 cm³/mol. The average molecular weight is 308 g/mol. The van der Waals surface area contributed by atoms with Gasteiger partial charge >= 0.3 is 5.97 Å². The highest BCUT2D eigenvalue weighted by Gasteiger charge is 2.77. The van der Waals surface area contributed by atoms with E-state index in [1.807, 2.05) is 0 Å². The van der Waals surface area contributed by atoms with Crippen molar-refractivity contribution in [2.45, 2.75) is 56.8 Å². The molecule has 4 nitrogen and oxygen atoms in total. The summed E-state index contributed by atoms with van der Waals surface area (Å²) in [4.78, 5) is 12.8. The molecule has 4 heteroatoms. The summed E-state index contributed by atoms with van der Waals surface area (Å²) in [5.41, 5.74) is -0.348. The van der Waals surface area contributed by atoms with Crippen molar-refractivity contribution in [1.82, 2.24) is 0 Å². The number of nitrogens with zero attached hydrogens (tertiary/aromatic N) is 1. The number of carbonyl (C=O) groups excluding carboxylic acids is 1. The van der Waals surface area contributed by atoms with Crippen molar-refractivity contribution in [2.75, 3.05) is 27.7 Å². The number of quaternary nitrogens is 1. The van der Waals surface area contributed by atoms with Crippen LogP contribution >= 0.6 is 0 Å². The summed E-state index contributed by atoms with van der Waals surface area (Å²) in [6, 6.07) is 0. The Morgan fingerprint density at radius 1 is 1.18 bits per heavy atom. The monoisotopic (exact) mass is 308 g/mol. The number of hydrogen-bond acceptors (Lipinski definition) is 3. The van der Waals surface area contributed by atoms with E-state index in [2.05, 4.69) is 35.0 Å². The van der Waals surface area contributed by atoms with Crippen LogP contribution in [0.4, 0.5) is 0 Å². The van der Waals surface area contributed by atoms with Crippen molar-refractivity contribution in [3.8, 4) is 0 Å². The van der Waals surface area contributed by atoms with Crippen LogP contribution in [0.1, 0.15) is 39.5 Å². The van der Waals surface area contributed by atoms with Crippen molar-refractivity contribution in [3.63, 3.8) is 0 Å². The molecule has 0 amide bonds. The highest BCUT2D eigenvalue weighted by atomic mass is 16.7. The van der Waals surface area contributed by atoms with E-state index in [0.717, 1.165) is 30.3 Å². The van der Waals surface area contributed by atoms with Gasteiger partial charge in [-0.2, -0.15) is 0 Å². The third kappa shape index (κ3) is 1.86. The summed E-state index contributed by atoms with van der Waals surface area (Å²) >= 11 is 0. The SMILES string of the molecule is C[C@@H]1CC[C@H]2[C@@H](C[N+](C)(C)C)C(=O)O[C@]23[C@@H]1CC[C@@]1(C)O[C@@H]31. The number of esters is 1. The molecule has 7 atom stereocenters. The molecule has 0 bridgehead atoms. The first-order chi connectivity index (χ1) is 10.2. The second-order valence-corrected chi connectivity index (χ2v) is 9.47. The predicted octanol–water partition coefficient (Wildman–Crippen LogP) is 2.22. The van der Waals surface area contributed by atoms with Gasteiger partial charge in [-0.3, -0.25) is 4.79 Å². The lowest BCUT2D eigenvalue weighted by molar-refractivity contribution is -0.873. The van der Waals surface area contributed by atoms with Crippen LogP contribution in [0.2, 0.25) is 0 Å². The number of carbonyl (C=O) groups is 1. The molecule has 4 fully saturated rings. The molecule has 2 aliphatic heterocycles. The Hall–Kier alpha value is -0.610. The lowest BCUT2D eigenvalue weighted by Gasteiger charge is -2.50. The van der Waals surface area contributed by atoms with Crippen molar-refractivity contribution >= 4 is 5.97 Å². The fraction of sp³-hybridized carbons (Fsp3) is 0.944. The topological polar surface area (TPSA) is 38.8 Å². The van der Waals surface area contributed by atoms with Gasteiger partial charge in [0.25, 0.3) is 0 Å². The van der Waals surface area contributed by atoms with E-state index in [0.29, 0.717) is 17.8 Å². The van der Waals surface area contributed by atoms with Gasteiger partial charge in [0, 0.05) is 11.8 Å². The molecule has 0 aromatic carbocycles.